The molecule has 0 amide bonds. The normalized spacial score (nSPS) is 7.32. The van der Waals surface area contributed by atoms with Crippen molar-refractivity contribution in [3.63, 3.8) is 0 Å². The average molecular weight is 396 g/mol. The summed E-state index contributed by atoms with van der Waals surface area (Å²) in [4.78, 5) is 0. The Balaban J connectivity index is -0.0000000676. The molecule has 0 unspecified atom stereocenters. The summed E-state index contributed by atoms with van der Waals surface area (Å²) in [5.41, 5.74) is 8.37. The van der Waals surface area contributed by atoms with Gasteiger partial charge in [-0.2, -0.15) is 45.5 Å². The van der Waals surface area contributed by atoms with E-state index in [1.165, 1.54) is 33.4 Å². The summed E-state index contributed by atoms with van der Waals surface area (Å²) in [5, 5.41) is 0. The quantitative estimate of drug-likeness (QED) is 0.405. The molecule has 0 saturated carbocycles. The van der Waals surface area contributed by atoms with Crippen LogP contribution in [0.15, 0.2) is 24.3 Å². The van der Waals surface area contributed by atoms with Crippen LogP contribution < -0.4 is 0 Å². The zero-order chi connectivity index (χ0) is 14.3. The summed E-state index contributed by atoms with van der Waals surface area (Å²) in [5.74, 6) is 0. The topological polar surface area (TPSA) is 0 Å². The summed E-state index contributed by atoms with van der Waals surface area (Å²) in [6.07, 6.45) is 0. The van der Waals surface area contributed by atoms with Gasteiger partial charge in [-0.05, 0) is 0 Å². The van der Waals surface area contributed by atoms with Gasteiger partial charge in [-0.25, -0.2) is 12.1 Å². The molecule has 0 fully saturated rings. The SMILES string of the molecule is Cc1cc(C)c(C)[cH-]1.Cc1cc(C)c(C)[cH-]1.[CH3-].[CH3-].[CH3-].[CH3-].[SiH2]=[Zr]. The number of hydrogen-bond acceptors (Lipinski definition) is 0. The summed E-state index contributed by atoms with van der Waals surface area (Å²) < 4.78 is 0. The molecule has 130 valence electrons. The first-order valence-electron chi connectivity index (χ1n) is 6.16. The van der Waals surface area contributed by atoms with Crippen LogP contribution in [0.4, 0.5) is 0 Å². The van der Waals surface area contributed by atoms with E-state index in [0.717, 1.165) is 0 Å². The summed E-state index contributed by atoms with van der Waals surface area (Å²) >= 11 is 1.58. The summed E-state index contributed by atoms with van der Waals surface area (Å²) in [6.45, 7) is 14.8. The van der Waals surface area contributed by atoms with E-state index in [1.54, 1.807) is 23.3 Å². The molecule has 0 radical (unpaired) electrons. The molecule has 2 heteroatoms. The fraction of sp³-hybridized carbons (Fsp3) is 0.300. The van der Waals surface area contributed by atoms with Gasteiger partial charge in [0.1, 0.15) is 0 Å². The van der Waals surface area contributed by atoms with Crippen molar-refractivity contribution >= 4 is 6.88 Å². The molecule has 0 N–H and O–H groups in total. The predicted octanol–water partition coefficient (Wildman–Crippen LogP) is 5.54. The van der Waals surface area contributed by atoms with Crippen molar-refractivity contribution in [2.75, 3.05) is 0 Å². The monoisotopic (exact) mass is 394 g/mol. The van der Waals surface area contributed by atoms with E-state index >= 15 is 0 Å². The van der Waals surface area contributed by atoms with Crippen molar-refractivity contribution < 1.29 is 23.3 Å². The second kappa shape index (κ2) is 17.2. The van der Waals surface area contributed by atoms with Crippen molar-refractivity contribution in [1.82, 2.24) is 0 Å². The van der Waals surface area contributed by atoms with Gasteiger partial charge in [-0.15, -0.1) is 0 Å². The van der Waals surface area contributed by atoms with Gasteiger partial charge in [-0.1, -0.05) is 41.5 Å². The molecule has 0 aliphatic rings. The van der Waals surface area contributed by atoms with E-state index in [2.05, 4.69) is 65.8 Å². The van der Waals surface area contributed by atoms with Gasteiger partial charge in [0.05, 0.1) is 0 Å². The zero-order valence-corrected chi connectivity index (χ0v) is 20.4. The number of aryl methyl sites for hydroxylation is 6. The van der Waals surface area contributed by atoms with Gasteiger partial charge in [0, 0.05) is 0 Å². The summed E-state index contributed by atoms with van der Waals surface area (Å²) in [6, 6.07) is 8.81. The molecule has 0 aliphatic carbocycles. The molecule has 2 aromatic rings. The van der Waals surface area contributed by atoms with Crippen molar-refractivity contribution in [2.24, 2.45) is 0 Å². The maximum absolute atomic E-state index is 2.20. The van der Waals surface area contributed by atoms with Gasteiger partial charge in [0.2, 0.25) is 0 Å². The molecule has 2 aromatic carbocycles. The van der Waals surface area contributed by atoms with Crippen LogP contribution in [0.25, 0.3) is 0 Å². The Kier molecular flexibility index (Phi) is 26.1. The van der Waals surface area contributed by atoms with Crippen LogP contribution in [0.1, 0.15) is 33.4 Å². The molecule has 0 saturated heterocycles. The van der Waals surface area contributed by atoms with Gasteiger partial charge >= 0.3 is 30.2 Å². The van der Waals surface area contributed by atoms with Crippen LogP contribution in [0.5, 0.6) is 0 Å². The molecule has 0 spiro atoms. The molecule has 22 heavy (non-hydrogen) atoms. The predicted molar refractivity (Wildman–Crippen MR) is 107 cm³/mol. The minimum absolute atomic E-state index is 0. The first kappa shape index (κ1) is 33.4. The van der Waals surface area contributed by atoms with Crippen molar-refractivity contribution in [1.29, 1.82) is 0 Å². The maximum atomic E-state index is 2.20. The molecule has 2 rings (SSSR count). The average Bonchev–Trinajstić information content (AvgIpc) is 2.74. The van der Waals surface area contributed by atoms with Gasteiger partial charge in [0.15, 0.2) is 0 Å². The van der Waals surface area contributed by atoms with Crippen molar-refractivity contribution in [2.45, 2.75) is 41.5 Å². The fourth-order valence-electron chi connectivity index (χ4n) is 1.90. The molecular weight excluding hydrogens is 360 g/mol. The second-order valence-electron chi connectivity index (χ2n) is 4.80. The van der Waals surface area contributed by atoms with E-state index in [1.807, 2.05) is 6.88 Å². The molecule has 0 heterocycles. The molecule has 0 bridgehead atoms. The van der Waals surface area contributed by atoms with Crippen LogP contribution in [-0.2, 0) is 23.3 Å². The van der Waals surface area contributed by atoms with Crippen LogP contribution in [0.3, 0.4) is 0 Å². The fourth-order valence-corrected chi connectivity index (χ4v) is 1.90. The van der Waals surface area contributed by atoms with E-state index in [0.29, 0.717) is 0 Å². The third-order valence-corrected chi connectivity index (χ3v) is 3.02. The second-order valence-corrected chi connectivity index (χ2v) is 4.80. The molecule has 0 aromatic heterocycles. The van der Waals surface area contributed by atoms with Crippen LogP contribution in [0, 0.1) is 71.2 Å². The van der Waals surface area contributed by atoms with Crippen molar-refractivity contribution in [3.8, 4) is 0 Å². The minimum atomic E-state index is 0. The Labute approximate surface area is 158 Å². The van der Waals surface area contributed by atoms with Crippen molar-refractivity contribution in [3.05, 3.63) is 87.4 Å². The third kappa shape index (κ3) is 12.4. The molecule has 0 aliphatic heterocycles. The Morgan fingerprint density at radius 3 is 0.909 bits per heavy atom. The van der Waals surface area contributed by atoms with Crippen LogP contribution in [0.2, 0.25) is 0 Å². The Hall–Kier alpha value is -0.200. The molecule has 0 atom stereocenters. The van der Waals surface area contributed by atoms with Gasteiger partial charge in [-0.3, -0.25) is 0 Å². The number of rotatable bonds is 0. The number of hydrogen-bond donors (Lipinski definition) is 0. The zero-order valence-electron chi connectivity index (χ0n) is 16.5. The Bertz CT molecular complexity index is 395. The first-order valence-corrected chi connectivity index (χ1v) is 12.1. The molecular formula is C20H36SiZr-6. The van der Waals surface area contributed by atoms with E-state index in [9.17, 15) is 0 Å². The summed E-state index contributed by atoms with van der Waals surface area (Å²) in [7, 11) is 0. The Morgan fingerprint density at radius 2 is 0.864 bits per heavy atom. The standard InChI is InChI=1S/2C8H11.4CH3.H2Si.Zr/c2*1-6-4-7(2)8(3)5-6;;;;;;/h2*4-5H,1-3H3;4*1H3;1H2;/q6*-1;;. The van der Waals surface area contributed by atoms with Crippen LogP contribution in [-0.4, -0.2) is 6.88 Å². The first-order chi connectivity index (χ1) is 8.40. The van der Waals surface area contributed by atoms with Crippen LogP contribution >= 0.6 is 0 Å². The van der Waals surface area contributed by atoms with E-state index < -0.39 is 0 Å². The van der Waals surface area contributed by atoms with E-state index in [-0.39, 0.29) is 29.7 Å². The third-order valence-electron chi connectivity index (χ3n) is 3.02. The van der Waals surface area contributed by atoms with Gasteiger partial charge in [0.25, 0.3) is 0 Å². The molecule has 0 nitrogen and oxygen atoms in total. The van der Waals surface area contributed by atoms with E-state index in [4.69, 9.17) is 0 Å². The van der Waals surface area contributed by atoms with Gasteiger partial charge < -0.3 is 29.7 Å². The Morgan fingerprint density at radius 1 is 0.636 bits per heavy atom.